The van der Waals surface area contributed by atoms with Gasteiger partial charge in [-0.05, 0) is 48.1 Å². The fraction of sp³-hybridized carbons (Fsp3) is 0.458. The molecule has 3 atom stereocenters. The molecule has 2 aromatic rings. The van der Waals surface area contributed by atoms with Crippen LogP contribution >= 0.6 is 0 Å². The lowest BCUT2D eigenvalue weighted by Crippen LogP contribution is -2.52. The first-order valence-electron chi connectivity index (χ1n) is 10.4. The van der Waals surface area contributed by atoms with Crippen LogP contribution in [0.2, 0.25) is 0 Å². The van der Waals surface area contributed by atoms with Gasteiger partial charge in [0.1, 0.15) is 0 Å². The van der Waals surface area contributed by atoms with Crippen LogP contribution in [0.4, 0.5) is 0 Å². The maximum atomic E-state index is 13.7. The standard InChI is InChI=1S/C24H27NO4/c1-28-19-14-16-11-13-25-22(26)24(27,17-8-4-3-5-9-17)21-10-6-7-12-23(21,25)18(16)15-20(19)29-2/h3-5,8-9,14-15,21,27H,6-7,10-13H2,1-2H3/t21-,23-,24+/m1/s1. The van der Waals surface area contributed by atoms with E-state index in [-0.39, 0.29) is 11.8 Å². The summed E-state index contributed by atoms with van der Waals surface area (Å²) in [6.45, 7) is 0.618. The summed E-state index contributed by atoms with van der Waals surface area (Å²) in [6.07, 6.45) is 4.49. The number of hydrogen-bond donors (Lipinski definition) is 1. The summed E-state index contributed by atoms with van der Waals surface area (Å²) in [5, 5.41) is 12.0. The number of aliphatic hydroxyl groups is 1. The normalized spacial score (nSPS) is 30.4. The number of carbonyl (C=O) groups is 1. The second kappa shape index (κ2) is 6.49. The van der Waals surface area contributed by atoms with Crippen molar-refractivity contribution in [2.45, 2.75) is 43.2 Å². The first kappa shape index (κ1) is 18.5. The van der Waals surface area contributed by atoms with Crippen LogP contribution in [0.5, 0.6) is 11.5 Å². The third kappa shape index (κ3) is 2.28. The van der Waals surface area contributed by atoms with Crippen LogP contribution in [0.15, 0.2) is 42.5 Å². The topological polar surface area (TPSA) is 59.0 Å². The van der Waals surface area contributed by atoms with E-state index in [2.05, 4.69) is 6.07 Å². The Labute approximate surface area is 171 Å². The highest BCUT2D eigenvalue weighted by molar-refractivity contribution is 5.91. The highest BCUT2D eigenvalue weighted by Crippen LogP contribution is 2.61. The van der Waals surface area contributed by atoms with E-state index in [0.29, 0.717) is 23.6 Å². The Hall–Kier alpha value is -2.53. The quantitative estimate of drug-likeness (QED) is 0.869. The van der Waals surface area contributed by atoms with E-state index < -0.39 is 11.1 Å². The minimum atomic E-state index is -1.49. The zero-order chi connectivity index (χ0) is 20.2. The number of carbonyl (C=O) groups excluding carboxylic acids is 1. The number of fused-ring (bicyclic) bond motifs is 1. The second-order valence-corrected chi connectivity index (χ2v) is 8.43. The van der Waals surface area contributed by atoms with Crippen LogP contribution in [-0.2, 0) is 22.4 Å². The highest BCUT2D eigenvalue weighted by Gasteiger charge is 2.68. The van der Waals surface area contributed by atoms with Crippen molar-refractivity contribution in [3.63, 3.8) is 0 Å². The Morgan fingerprint density at radius 2 is 1.79 bits per heavy atom. The molecule has 1 saturated heterocycles. The summed E-state index contributed by atoms with van der Waals surface area (Å²) < 4.78 is 11.1. The van der Waals surface area contributed by atoms with Gasteiger partial charge in [0.05, 0.1) is 19.8 Å². The first-order chi connectivity index (χ1) is 14.1. The van der Waals surface area contributed by atoms with E-state index >= 15 is 0 Å². The molecule has 1 aliphatic carbocycles. The molecule has 0 aromatic heterocycles. The molecular weight excluding hydrogens is 366 g/mol. The van der Waals surface area contributed by atoms with Gasteiger partial charge >= 0.3 is 0 Å². The van der Waals surface area contributed by atoms with Gasteiger partial charge in [-0.25, -0.2) is 0 Å². The summed E-state index contributed by atoms with van der Waals surface area (Å²) in [4.78, 5) is 15.7. The SMILES string of the molecule is COc1cc2c(cc1OC)[C@]13CCCC[C@H]1[C@@](O)(c1ccccc1)C(=O)N3CC2. The number of amides is 1. The molecule has 152 valence electrons. The molecule has 1 amide bonds. The fourth-order valence-electron chi connectivity index (χ4n) is 6.12. The van der Waals surface area contributed by atoms with Gasteiger partial charge in [0.2, 0.25) is 0 Å². The molecule has 1 N–H and O–H groups in total. The van der Waals surface area contributed by atoms with Gasteiger partial charge in [0.15, 0.2) is 17.1 Å². The van der Waals surface area contributed by atoms with Crippen molar-refractivity contribution in [1.29, 1.82) is 0 Å². The summed E-state index contributed by atoms with van der Waals surface area (Å²) in [7, 11) is 3.29. The van der Waals surface area contributed by atoms with Crippen molar-refractivity contribution in [2.24, 2.45) is 5.92 Å². The zero-order valence-electron chi connectivity index (χ0n) is 17.0. The van der Waals surface area contributed by atoms with Crippen molar-refractivity contribution < 1.29 is 19.4 Å². The molecule has 0 radical (unpaired) electrons. The largest absolute Gasteiger partial charge is 0.493 e. The minimum absolute atomic E-state index is 0.156. The number of nitrogens with zero attached hydrogens (tertiary/aromatic N) is 1. The molecule has 2 heterocycles. The Morgan fingerprint density at radius 3 is 2.52 bits per heavy atom. The molecule has 5 nitrogen and oxygen atoms in total. The average Bonchev–Trinajstić information content (AvgIpc) is 2.98. The lowest BCUT2D eigenvalue weighted by molar-refractivity contribution is -0.147. The second-order valence-electron chi connectivity index (χ2n) is 8.43. The van der Waals surface area contributed by atoms with E-state index in [4.69, 9.17) is 9.47 Å². The molecule has 0 bridgehead atoms. The maximum Gasteiger partial charge on any atom is 0.260 e. The van der Waals surface area contributed by atoms with Crippen molar-refractivity contribution >= 4 is 5.91 Å². The number of rotatable bonds is 3. The van der Waals surface area contributed by atoms with Gasteiger partial charge in [0, 0.05) is 12.5 Å². The van der Waals surface area contributed by atoms with Crippen molar-refractivity contribution in [1.82, 2.24) is 4.90 Å². The van der Waals surface area contributed by atoms with Crippen molar-refractivity contribution in [3.05, 3.63) is 59.2 Å². The van der Waals surface area contributed by atoms with Crippen molar-refractivity contribution in [3.8, 4) is 11.5 Å². The number of benzene rings is 2. The molecule has 2 fully saturated rings. The van der Waals surface area contributed by atoms with Gasteiger partial charge in [-0.2, -0.15) is 0 Å². The van der Waals surface area contributed by atoms with Gasteiger partial charge in [-0.3, -0.25) is 4.79 Å². The molecule has 1 spiro atoms. The number of ether oxygens (including phenoxy) is 2. The third-order valence-corrected chi connectivity index (χ3v) is 7.33. The van der Waals surface area contributed by atoms with Gasteiger partial charge < -0.3 is 19.5 Å². The molecule has 1 saturated carbocycles. The van der Waals surface area contributed by atoms with E-state index in [1.807, 2.05) is 41.3 Å². The lowest BCUT2D eigenvalue weighted by Gasteiger charge is -2.49. The highest BCUT2D eigenvalue weighted by atomic mass is 16.5. The van der Waals surface area contributed by atoms with E-state index in [1.54, 1.807) is 14.2 Å². The summed E-state index contributed by atoms with van der Waals surface area (Å²) in [6, 6.07) is 13.6. The first-order valence-corrected chi connectivity index (χ1v) is 10.4. The van der Waals surface area contributed by atoms with Crippen LogP contribution in [0.25, 0.3) is 0 Å². The average molecular weight is 393 g/mol. The molecule has 2 aliphatic heterocycles. The Balaban J connectivity index is 1.75. The van der Waals surface area contributed by atoms with Gasteiger partial charge in [0.25, 0.3) is 5.91 Å². The zero-order valence-corrected chi connectivity index (χ0v) is 17.0. The number of methoxy groups -OCH3 is 2. The lowest BCUT2D eigenvalue weighted by atomic mass is 9.62. The molecule has 3 aliphatic rings. The van der Waals surface area contributed by atoms with Gasteiger partial charge in [-0.1, -0.05) is 43.2 Å². The van der Waals surface area contributed by atoms with Crippen LogP contribution in [0.3, 0.4) is 0 Å². The number of hydrogen-bond acceptors (Lipinski definition) is 4. The predicted molar refractivity (Wildman–Crippen MR) is 109 cm³/mol. The Kier molecular flexibility index (Phi) is 4.14. The van der Waals surface area contributed by atoms with Crippen LogP contribution in [-0.4, -0.2) is 36.7 Å². The summed E-state index contributed by atoms with van der Waals surface area (Å²) in [5.74, 6) is 1.05. The molecule has 5 rings (SSSR count). The Morgan fingerprint density at radius 1 is 1.07 bits per heavy atom. The molecular formula is C24H27NO4. The Bertz CT molecular complexity index is 959. The maximum absolute atomic E-state index is 13.7. The molecule has 0 unspecified atom stereocenters. The van der Waals surface area contributed by atoms with Crippen LogP contribution < -0.4 is 9.47 Å². The van der Waals surface area contributed by atoms with E-state index in [1.165, 1.54) is 5.56 Å². The fourth-order valence-corrected chi connectivity index (χ4v) is 6.12. The minimum Gasteiger partial charge on any atom is -0.493 e. The summed E-state index contributed by atoms with van der Waals surface area (Å²) in [5.41, 5.74) is 1.03. The molecule has 2 aromatic carbocycles. The molecule has 5 heteroatoms. The van der Waals surface area contributed by atoms with E-state index in [0.717, 1.165) is 37.7 Å². The monoisotopic (exact) mass is 393 g/mol. The third-order valence-electron chi connectivity index (χ3n) is 7.33. The predicted octanol–water partition coefficient (Wildman–Crippen LogP) is 3.38. The van der Waals surface area contributed by atoms with Crippen LogP contribution in [0.1, 0.15) is 42.4 Å². The summed E-state index contributed by atoms with van der Waals surface area (Å²) >= 11 is 0. The van der Waals surface area contributed by atoms with Gasteiger partial charge in [-0.15, -0.1) is 0 Å². The smallest absolute Gasteiger partial charge is 0.260 e. The molecule has 29 heavy (non-hydrogen) atoms. The van der Waals surface area contributed by atoms with Crippen LogP contribution in [0, 0.1) is 5.92 Å². The van der Waals surface area contributed by atoms with Crippen molar-refractivity contribution in [2.75, 3.05) is 20.8 Å². The van der Waals surface area contributed by atoms with E-state index in [9.17, 15) is 9.90 Å².